The van der Waals surface area contributed by atoms with Gasteiger partial charge in [0.1, 0.15) is 11.7 Å². The molecule has 1 atom stereocenters. The summed E-state index contributed by atoms with van der Waals surface area (Å²) in [6.07, 6.45) is 5.29. The maximum Gasteiger partial charge on any atom is 0.316 e. The first-order valence-corrected chi connectivity index (χ1v) is 6.40. The van der Waals surface area contributed by atoms with E-state index in [2.05, 4.69) is 0 Å². The van der Waals surface area contributed by atoms with Gasteiger partial charge in [-0.1, -0.05) is 32.6 Å². The van der Waals surface area contributed by atoms with Crippen molar-refractivity contribution in [1.82, 2.24) is 0 Å². The summed E-state index contributed by atoms with van der Waals surface area (Å²) >= 11 is 0. The van der Waals surface area contributed by atoms with E-state index in [1.807, 2.05) is 0 Å². The first-order valence-electron chi connectivity index (χ1n) is 6.40. The molecular formula is C13H22O5. The van der Waals surface area contributed by atoms with E-state index in [4.69, 9.17) is 10.2 Å². The smallest absolute Gasteiger partial charge is 0.316 e. The van der Waals surface area contributed by atoms with E-state index < -0.39 is 17.4 Å². The lowest BCUT2D eigenvalue weighted by Crippen LogP contribution is -2.31. The first-order chi connectivity index (χ1) is 8.48. The SMILES string of the molecule is CCC(C=O)(CCCCCCCC(=O)O)C(=O)O. The highest BCUT2D eigenvalue weighted by Gasteiger charge is 2.35. The van der Waals surface area contributed by atoms with E-state index in [1.165, 1.54) is 0 Å². The lowest BCUT2D eigenvalue weighted by molar-refractivity contribution is -0.152. The maximum atomic E-state index is 11.0. The third-order valence-electron chi connectivity index (χ3n) is 3.30. The molecule has 0 aliphatic heterocycles. The van der Waals surface area contributed by atoms with E-state index in [0.717, 1.165) is 19.3 Å². The second kappa shape index (κ2) is 8.66. The molecule has 0 saturated heterocycles. The van der Waals surface area contributed by atoms with Crippen molar-refractivity contribution in [2.45, 2.75) is 58.3 Å². The Morgan fingerprint density at radius 1 is 1.06 bits per heavy atom. The Morgan fingerprint density at radius 2 is 1.61 bits per heavy atom. The van der Waals surface area contributed by atoms with Gasteiger partial charge in [0, 0.05) is 6.42 Å². The Hall–Kier alpha value is -1.39. The van der Waals surface area contributed by atoms with Gasteiger partial charge in [-0.25, -0.2) is 0 Å². The highest BCUT2D eigenvalue weighted by Crippen LogP contribution is 2.27. The first kappa shape index (κ1) is 16.6. The van der Waals surface area contributed by atoms with Crippen LogP contribution in [0.3, 0.4) is 0 Å². The summed E-state index contributed by atoms with van der Waals surface area (Å²) in [5.41, 5.74) is -1.24. The fourth-order valence-electron chi connectivity index (χ4n) is 1.87. The lowest BCUT2D eigenvalue weighted by Gasteiger charge is -2.20. The average molecular weight is 258 g/mol. The molecule has 0 amide bonds. The van der Waals surface area contributed by atoms with Gasteiger partial charge < -0.3 is 15.0 Å². The third-order valence-corrected chi connectivity index (χ3v) is 3.30. The number of aliphatic carboxylic acids is 2. The van der Waals surface area contributed by atoms with E-state index in [0.29, 0.717) is 32.0 Å². The summed E-state index contributed by atoms with van der Waals surface area (Å²) in [4.78, 5) is 32.2. The average Bonchev–Trinajstić information content (AvgIpc) is 2.32. The topological polar surface area (TPSA) is 91.7 Å². The minimum absolute atomic E-state index is 0.183. The number of hydrogen-bond donors (Lipinski definition) is 2. The van der Waals surface area contributed by atoms with Crippen LogP contribution in [-0.2, 0) is 14.4 Å². The number of hydrogen-bond acceptors (Lipinski definition) is 3. The van der Waals surface area contributed by atoms with Gasteiger partial charge >= 0.3 is 11.9 Å². The monoisotopic (exact) mass is 258 g/mol. The Balaban J connectivity index is 3.78. The Morgan fingerprint density at radius 3 is 2.06 bits per heavy atom. The van der Waals surface area contributed by atoms with Gasteiger partial charge in [-0.15, -0.1) is 0 Å². The van der Waals surface area contributed by atoms with Gasteiger partial charge in [-0.2, -0.15) is 0 Å². The van der Waals surface area contributed by atoms with E-state index in [-0.39, 0.29) is 6.42 Å². The number of aldehydes is 1. The van der Waals surface area contributed by atoms with Crippen molar-refractivity contribution in [3.8, 4) is 0 Å². The van der Waals surface area contributed by atoms with Gasteiger partial charge in [-0.05, 0) is 19.3 Å². The zero-order valence-electron chi connectivity index (χ0n) is 10.9. The Kier molecular flexibility index (Phi) is 8.00. The molecule has 0 aliphatic carbocycles. The molecule has 104 valence electrons. The van der Waals surface area contributed by atoms with E-state index >= 15 is 0 Å². The van der Waals surface area contributed by atoms with E-state index in [9.17, 15) is 14.4 Å². The molecule has 18 heavy (non-hydrogen) atoms. The molecule has 0 aromatic rings. The number of carbonyl (C=O) groups is 3. The van der Waals surface area contributed by atoms with Crippen molar-refractivity contribution >= 4 is 18.2 Å². The molecule has 0 fully saturated rings. The predicted molar refractivity (Wildman–Crippen MR) is 66.4 cm³/mol. The summed E-state index contributed by atoms with van der Waals surface area (Å²) in [6, 6.07) is 0. The van der Waals surface area contributed by atoms with Crippen LogP contribution in [0.1, 0.15) is 58.3 Å². The molecule has 5 heteroatoms. The standard InChI is InChI=1S/C13H22O5/c1-2-13(10-14,12(17)18)9-7-5-3-4-6-8-11(15)16/h10H,2-9H2,1H3,(H,15,16)(H,17,18). The van der Waals surface area contributed by atoms with Crippen LogP contribution in [0, 0.1) is 5.41 Å². The van der Waals surface area contributed by atoms with Crippen molar-refractivity contribution in [3.63, 3.8) is 0 Å². The minimum Gasteiger partial charge on any atom is -0.481 e. The van der Waals surface area contributed by atoms with Crippen LogP contribution in [-0.4, -0.2) is 28.4 Å². The van der Waals surface area contributed by atoms with Crippen LogP contribution in [0.4, 0.5) is 0 Å². The number of unbranched alkanes of at least 4 members (excludes halogenated alkanes) is 4. The third kappa shape index (κ3) is 5.80. The van der Waals surface area contributed by atoms with Crippen LogP contribution in [0.25, 0.3) is 0 Å². The van der Waals surface area contributed by atoms with Crippen LogP contribution in [0.2, 0.25) is 0 Å². The summed E-state index contributed by atoms with van der Waals surface area (Å²) in [6.45, 7) is 1.70. The van der Waals surface area contributed by atoms with Crippen LogP contribution in [0.15, 0.2) is 0 Å². The molecule has 0 aliphatic rings. The van der Waals surface area contributed by atoms with Crippen molar-refractivity contribution in [2.75, 3.05) is 0 Å². The van der Waals surface area contributed by atoms with Gasteiger partial charge in [-0.3, -0.25) is 9.59 Å². The molecule has 0 rings (SSSR count). The highest BCUT2D eigenvalue weighted by molar-refractivity contribution is 5.91. The summed E-state index contributed by atoms with van der Waals surface area (Å²) in [7, 11) is 0. The van der Waals surface area contributed by atoms with E-state index in [1.54, 1.807) is 6.92 Å². The number of carbonyl (C=O) groups excluding carboxylic acids is 1. The predicted octanol–water partition coefficient (Wildman–Crippen LogP) is 2.48. The van der Waals surface area contributed by atoms with Crippen molar-refractivity contribution in [3.05, 3.63) is 0 Å². The lowest BCUT2D eigenvalue weighted by atomic mass is 9.81. The molecule has 0 aromatic heterocycles. The minimum atomic E-state index is -1.24. The molecule has 5 nitrogen and oxygen atoms in total. The summed E-state index contributed by atoms with van der Waals surface area (Å²) in [5.74, 6) is -1.84. The molecule has 2 N–H and O–H groups in total. The molecular weight excluding hydrogens is 236 g/mol. The van der Waals surface area contributed by atoms with Crippen molar-refractivity contribution < 1.29 is 24.6 Å². The zero-order valence-corrected chi connectivity index (χ0v) is 10.9. The zero-order chi connectivity index (χ0) is 14.0. The fourth-order valence-corrected chi connectivity index (χ4v) is 1.87. The second-order valence-corrected chi connectivity index (χ2v) is 4.59. The van der Waals surface area contributed by atoms with Crippen molar-refractivity contribution in [2.24, 2.45) is 5.41 Å². The van der Waals surface area contributed by atoms with Crippen LogP contribution < -0.4 is 0 Å². The van der Waals surface area contributed by atoms with Crippen LogP contribution >= 0.6 is 0 Å². The molecule has 1 unspecified atom stereocenters. The molecule has 0 saturated carbocycles. The summed E-state index contributed by atoms with van der Waals surface area (Å²) in [5, 5.41) is 17.5. The largest absolute Gasteiger partial charge is 0.481 e. The summed E-state index contributed by atoms with van der Waals surface area (Å²) < 4.78 is 0. The van der Waals surface area contributed by atoms with Crippen LogP contribution in [0.5, 0.6) is 0 Å². The molecule has 0 spiro atoms. The van der Waals surface area contributed by atoms with Gasteiger partial charge in [0.05, 0.1) is 0 Å². The Bertz CT molecular complexity index is 287. The molecule has 0 heterocycles. The molecule has 0 aromatic carbocycles. The van der Waals surface area contributed by atoms with Crippen molar-refractivity contribution in [1.29, 1.82) is 0 Å². The number of carboxylic acid groups (broad SMARTS) is 2. The second-order valence-electron chi connectivity index (χ2n) is 4.59. The normalized spacial score (nSPS) is 13.8. The quantitative estimate of drug-likeness (QED) is 0.337. The number of rotatable bonds is 11. The van der Waals surface area contributed by atoms with Gasteiger partial charge in [0.15, 0.2) is 0 Å². The molecule has 0 bridgehead atoms. The Labute approximate surface area is 107 Å². The highest BCUT2D eigenvalue weighted by atomic mass is 16.4. The number of carboxylic acids is 2. The fraction of sp³-hybridized carbons (Fsp3) is 0.769. The van der Waals surface area contributed by atoms with Gasteiger partial charge in [0.2, 0.25) is 0 Å². The maximum absolute atomic E-state index is 11.0. The van der Waals surface area contributed by atoms with Gasteiger partial charge in [0.25, 0.3) is 0 Å². The molecule has 0 radical (unpaired) electrons.